The zero-order valence-corrected chi connectivity index (χ0v) is 13.9. The third kappa shape index (κ3) is 2.59. The number of nitrogens with zero attached hydrogens (tertiary/aromatic N) is 3. The van der Waals surface area contributed by atoms with Crippen LogP contribution in [0.3, 0.4) is 0 Å². The molecule has 0 bridgehead atoms. The first-order valence-electron chi connectivity index (χ1n) is 7.56. The van der Waals surface area contributed by atoms with Crippen molar-refractivity contribution in [2.45, 2.75) is 0 Å². The molecule has 1 aliphatic rings. The van der Waals surface area contributed by atoms with E-state index in [1.165, 1.54) is 11.3 Å². The van der Waals surface area contributed by atoms with E-state index in [1.54, 1.807) is 4.57 Å². The van der Waals surface area contributed by atoms with Crippen molar-refractivity contribution in [3.8, 4) is 5.88 Å². The van der Waals surface area contributed by atoms with E-state index in [0.717, 1.165) is 32.2 Å². The standard InChI is InChI=1S/C19H15N3OS/c1-22-18(23)17(24-19(22)21-14-7-3-2-4-8-14)11-13-12-20-16-10-6-5-9-15(13)16/h2-12,23H,1H3/b13-11-,21-19?. The monoisotopic (exact) mass is 333 g/mol. The molecule has 1 N–H and O–H groups in total. The Morgan fingerprint density at radius 2 is 1.83 bits per heavy atom. The fraction of sp³-hybridized carbons (Fsp3) is 0.0526. The van der Waals surface area contributed by atoms with Gasteiger partial charge in [-0.1, -0.05) is 47.7 Å². The van der Waals surface area contributed by atoms with Crippen molar-refractivity contribution in [1.82, 2.24) is 4.57 Å². The lowest BCUT2D eigenvalue weighted by Crippen LogP contribution is -2.08. The molecule has 2 aromatic carbocycles. The molecule has 0 unspecified atom stereocenters. The van der Waals surface area contributed by atoms with Crippen molar-refractivity contribution in [2.24, 2.45) is 17.0 Å². The molecule has 0 aliphatic carbocycles. The lowest BCUT2D eigenvalue weighted by molar-refractivity contribution is 0.427. The minimum atomic E-state index is 0.208. The van der Waals surface area contributed by atoms with E-state index in [4.69, 9.17) is 0 Å². The second-order valence-electron chi connectivity index (χ2n) is 5.45. The van der Waals surface area contributed by atoms with Crippen LogP contribution < -0.4 is 4.80 Å². The van der Waals surface area contributed by atoms with Crippen LogP contribution in [0.5, 0.6) is 5.88 Å². The molecule has 24 heavy (non-hydrogen) atoms. The zero-order chi connectivity index (χ0) is 16.5. The molecule has 0 spiro atoms. The molecule has 1 aliphatic heterocycles. The SMILES string of the molecule is Cn1c(O)c(/C=C2/C=Nc3ccccc32)sc1=Nc1ccccc1. The number of allylic oxidation sites excluding steroid dienone is 1. The molecule has 1 aromatic heterocycles. The van der Waals surface area contributed by atoms with Crippen molar-refractivity contribution < 1.29 is 5.11 Å². The molecule has 4 rings (SSSR count). The van der Waals surface area contributed by atoms with E-state index in [1.807, 2.05) is 73.9 Å². The third-order valence-electron chi connectivity index (χ3n) is 3.85. The molecule has 4 nitrogen and oxygen atoms in total. The second-order valence-corrected chi connectivity index (χ2v) is 6.46. The summed E-state index contributed by atoms with van der Waals surface area (Å²) in [5.74, 6) is 0.208. The topological polar surface area (TPSA) is 49.9 Å². The summed E-state index contributed by atoms with van der Waals surface area (Å²) in [5, 5.41) is 10.4. The fourth-order valence-electron chi connectivity index (χ4n) is 2.57. The summed E-state index contributed by atoms with van der Waals surface area (Å²) in [6, 6.07) is 17.7. The highest BCUT2D eigenvalue weighted by molar-refractivity contribution is 7.10. The van der Waals surface area contributed by atoms with Gasteiger partial charge in [-0.2, -0.15) is 0 Å². The number of thiazole rings is 1. The summed E-state index contributed by atoms with van der Waals surface area (Å²) < 4.78 is 1.70. The Balaban J connectivity index is 1.79. The first-order chi connectivity index (χ1) is 11.7. The minimum Gasteiger partial charge on any atom is -0.493 e. The van der Waals surface area contributed by atoms with E-state index in [9.17, 15) is 5.11 Å². The molecule has 5 heteroatoms. The molecule has 0 radical (unpaired) electrons. The maximum absolute atomic E-state index is 10.4. The molecule has 0 amide bonds. The Bertz CT molecular complexity index is 1030. The second kappa shape index (κ2) is 5.94. The predicted molar refractivity (Wildman–Crippen MR) is 99.1 cm³/mol. The van der Waals surface area contributed by atoms with Crippen molar-refractivity contribution >= 4 is 40.6 Å². The predicted octanol–water partition coefficient (Wildman–Crippen LogP) is 4.28. The van der Waals surface area contributed by atoms with Gasteiger partial charge in [0, 0.05) is 24.4 Å². The average molecular weight is 333 g/mol. The number of aromatic nitrogens is 1. The van der Waals surface area contributed by atoms with Gasteiger partial charge in [0.2, 0.25) is 5.88 Å². The molecular formula is C19H15N3OS. The Morgan fingerprint density at radius 1 is 1.08 bits per heavy atom. The first-order valence-corrected chi connectivity index (χ1v) is 8.38. The number of aliphatic imine (C=N–C) groups is 1. The van der Waals surface area contributed by atoms with E-state index in [0.29, 0.717) is 0 Å². The van der Waals surface area contributed by atoms with Crippen LogP contribution in [0.2, 0.25) is 0 Å². The number of para-hydroxylation sites is 2. The normalized spacial score (nSPS) is 15.2. The van der Waals surface area contributed by atoms with Gasteiger partial charge in [0.05, 0.1) is 16.3 Å². The number of aromatic hydroxyl groups is 1. The maximum Gasteiger partial charge on any atom is 0.210 e. The van der Waals surface area contributed by atoms with Crippen LogP contribution in [0.4, 0.5) is 11.4 Å². The quantitative estimate of drug-likeness (QED) is 0.747. The van der Waals surface area contributed by atoms with Crippen LogP contribution >= 0.6 is 11.3 Å². The van der Waals surface area contributed by atoms with E-state index < -0.39 is 0 Å². The molecular weight excluding hydrogens is 318 g/mol. The van der Waals surface area contributed by atoms with Crippen LogP contribution in [0.15, 0.2) is 64.6 Å². The van der Waals surface area contributed by atoms with Gasteiger partial charge in [-0.3, -0.25) is 9.56 Å². The summed E-state index contributed by atoms with van der Waals surface area (Å²) in [6.45, 7) is 0. The van der Waals surface area contributed by atoms with Crippen LogP contribution in [0.25, 0.3) is 11.6 Å². The minimum absolute atomic E-state index is 0.208. The van der Waals surface area contributed by atoms with E-state index in [2.05, 4.69) is 9.98 Å². The van der Waals surface area contributed by atoms with Gasteiger partial charge >= 0.3 is 0 Å². The molecule has 0 saturated carbocycles. The Morgan fingerprint density at radius 3 is 2.67 bits per heavy atom. The Hall–Kier alpha value is -2.92. The maximum atomic E-state index is 10.4. The number of benzene rings is 2. The number of hydrogen-bond acceptors (Lipinski definition) is 4. The van der Waals surface area contributed by atoms with E-state index >= 15 is 0 Å². The van der Waals surface area contributed by atoms with Crippen molar-refractivity contribution in [2.75, 3.05) is 0 Å². The summed E-state index contributed by atoms with van der Waals surface area (Å²) >= 11 is 1.45. The number of fused-ring (bicyclic) bond motifs is 1. The summed E-state index contributed by atoms with van der Waals surface area (Å²) in [4.78, 5) is 10.5. The molecule has 118 valence electrons. The van der Waals surface area contributed by atoms with Crippen molar-refractivity contribution in [3.63, 3.8) is 0 Å². The van der Waals surface area contributed by atoms with Gasteiger partial charge in [0.15, 0.2) is 4.80 Å². The van der Waals surface area contributed by atoms with Gasteiger partial charge in [-0.25, -0.2) is 4.99 Å². The van der Waals surface area contributed by atoms with Crippen LogP contribution in [-0.2, 0) is 7.05 Å². The highest BCUT2D eigenvalue weighted by Gasteiger charge is 2.14. The molecule has 0 saturated heterocycles. The molecule has 0 atom stereocenters. The van der Waals surface area contributed by atoms with Gasteiger partial charge in [-0.15, -0.1) is 0 Å². The van der Waals surface area contributed by atoms with Gasteiger partial charge in [-0.05, 0) is 24.3 Å². The first kappa shape index (κ1) is 14.7. The Kier molecular flexibility index (Phi) is 3.63. The lowest BCUT2D eigenvalue weighted by Gasteiger charge is -1.98. The molecule has 0 fully saturated rings. The lowest BCUT2D eigenvalue weighted by atomic mass is 10.1. The zero-order valence-electron chi connectivity index (χ0n) is 13.0. The highest BCUT2D eigenvalue weighted by Crippen LogP contribution is 2.34. The molecule has 3 aromatic rings. The van der Waals surface area contributed by atoms with Crippen molar-refractivity contribution in [1.29, 1.82) is 0 Å². The summed E-state index contributed by atoms with van der Waals surface area (Å²) in [7, 11) is 1.81. The summed E-state index contributed by atoms with van der Waals surface area (Å²) in [5.41, 5.74) is 3.89. The Labute approximate surface area is 143 Å². The van der Waals surface area contributed by atoms with Crippen molar-refractivity contribution in [3.05, 3.63) is 69.8 Å². The largest absolute Gasteiger partial charge is 0.493 e. The van der Waals surface area contributed by atoms with Crippen LogP contribution in [-0.4, -0.2) is 15.9 Å². The van der Waals surface area contributed by atoms with Crippen LogP contribution in [0, 0.1) is 0 Å². The van der Waals surface area contributed by atoms with Gasteiger partial charge < -0.3 is 5.11 Å². The number of hydrogen-bond donors (Lipinski definition) is 1. The average Bonchev–Trinajstić information content (AvgIpc) is 3.13. The summed E-state index contributed by atoms with van der Waals surface area (Å²) in [6.07, 6.45) is 3.79. The fourth-order valence-corrected chi connectivity index (χ4v) is 3.55. The van der Waals surface area contributed by atoms with E-state index in [-0.39, 0.29) is 5.88 Å². The van der Waals surface area contributed by atoms with Gasteiger partial charge in [0.1, 0.15) is 0 Å². The smallest absolute Gasteiger partial charge is 0.210 e. The number of rotatable bonds is 2. The van der Waals surface area contributed by atoms with Crippen LogP contribution in [0.1, 0.15) is 10.4 Å². The molecule has 2 heterocycles. The van der Waals surface area contributed by atoms with Gasteiger partial charge in [0.25, 0.3) is 0 Å². The third-order valence-corrected chi connectivity index (χ3v) is 4.92. The highest BCUT2D eigenvalue weighted by atomic mass is 32.1.